The van der Waals surface area contributed by atoms with Crippen molar-refractivity contribution in [2.75, 3.05) is 7.11 Å². The van der Waals surface area contributed by atoms with Crippen molar-refractivity contribution in [1.29, 1.82) is 0 Å². The van der Waals surface area contributed by atoms with Gasteiger partial charge in [0.1, 0.15) is 5.75 Å². The molecule has 0 saturated heterocycles. The summed E-state index contributed by atoms with van der Waals surface area (Å²) in [6.45, 7) is 11.2. The maximum Gasteiger partial charge on any atom is 0.152 e. The van der Waals surface area contributed by atoms with E-state index in [2.05, 4.69) is 154 Å². The molecule has 0 aliphatic rings. The second-order valence-electron chi connectivity index (χ2n) is 7.06. The van der Waals surface area contributed by atoms with Crippen LogP contribution in [0.3, 0.4) is 0 Å². The van der Waals surface area contributed by atoms with E-state index < -0.39 is 5.60 Å². The Labute approximate surface area is 332 Å². The summed E-state index contributed by atoms with van der Waals surface area (Å²) in [5, 5.41) is 25.7. The largest absolute Gasteiger partial charge is 0.497 e. The number of hydrogen-bond acceptors (Lipinski definition) is 6. The lowest BCUT2D eigenvalue weighted by Gasteiger charge is -2.22. The maximum atomic E-state index is 9.96. The van der Waals surface area contributed by atoms with Gasteiger partial charge in [0.05, 0.1) is 12.7 Å². The van der Waals surface area contributed by atoms with Crippen LogP contribution in [-0.4, -0.2) is 22.6 Å². The molecule has 1 aromatic carbocycles. The second kappa shape index (κ2) is 48.5. The summed E-state index contributed by atoms with van der Waals surface area (Å²) < 4.78 is 5.08. The van der Waals surface area contributed by atoms with Gasteiger partial charge >= 0.3 is 0 Å². The van der Waals surface area contributed by atoms with Crippen molar-refractivity contribution in [1.82, 2.24) is 0 Å². The lowest BCUT2D eigenvalue weighted by Crippen LogP contribution is -2.19. The lowest BCUT2D eigenvalue weighted by atomic mass is 9.93. The van der Waals surface area contributed by atoms with Gasteiger partial charge in [-0.25, -0.2) is 0 Å². The van der Waals surface area contributed by atoms with E-state index in [0.717, 1.165) is 11.3 Å². The lowest BCUT2D eigenvalue weighted by molar-refractivity contribution is 0.0528. The Morgan fingerprint density at radius 1 is 0.647 bits per heavy atom. The summed E-state index contributed by atoms with van der Waals surface area (Å²) in [4.78, 5) is 16.2. The molecule has 1 aromatic rings. The van der Waals surface area contributed by atoms with Crippen LogP contribution in [0.4, 0.5) is 0 Å². The first-order valence-electron chi connectivity index (χ1n) is 13.8. The van der Waals surface area contributed by atoms with E-state index >= 15 is 0 Å². The van der Waals surface area contributed by atoms with E-state index in [0.29, 0.717) is 6.42 Å². The molecule has 290 valence electrons. The molecule has 8 heteroatoms. The van der Waals surface area contributed by atoms with E-state index in [1.165, 1.54) is 10.7 Å². The zero-order valence-electron chi connectivity index (χ0n) is 29.1. The molecule has 0 fully saturated rings. The van der Waals surface area contributed by atoms with Crippen molar-refractivity contribution < 1.29 is 48.8 Å². The number of rotatable bonds is 3. The van der Waals surface area contributed by atoms with Gasteiger partial charge < -0.3 is 20.3 Å². The van der Waals surface area contributed by atoms with Crippen LogP contribution in [0.25, 0.3) is 0 Å². The van der Waals surface area contributed by atoms with Gasteiger partial charge in [-0.1, -0.05) is 44.7 Å². The van der Waals surface area contributed by atoms with Crippen LogP contribution in [0.5, 0.6) is 5.75 Å². The summed E-state index contributed by atoms with van der Waals surface area (Å²) in [5.41, 5.74) is 0.142. The first-order chi connectivity index (χ1) is 24.8. The van der Waals surface area contributed by atoms with Gasteiger partial charge in [-0.05, 0) is 187 Å². The SMILES string of the molecule is C#CC#CC#CC#CC#CC#CC#CC.C#CC#CC#CC#CC#CC#CC#CC.CC.CC[C@](C)(O)c1cccc(OC)c1.O=NO.O=NO.[HH].[HH].[HH].[HH].[HH].[HH].[HH].[HH].[HH].[HH].[HH].[HH].[HH].[HH].[HH].[HH].[HH].[HH].[HH].[HH]. The predicted molar refractivity (Wildman–Crippen MR) is 244 cm³/mol. The van der Waals surface area contributed by atoms with Gasteiger partial charge in [0.2, 0.25) is 0 Å². The van der Waals surface area contributed by atoms with E-state index in [1.807, 2.05) is 52.0 Å². The quantitative estimate of drug-likeness (QED) is 0.163. The number of terminal acetylenes is 2. The van der Waals surface area contributed by atoms with Crippen molar-refractivity contribution in [2.45, 2.75) is 53.6 Å². The second-order valence-corrected chi connectivity index (χ2v) is 7.06. The van der Waals surface area contributed by atoms with Crippen molar-refractivity contribution >= 4 is 0 Å². The smallest absolute Gasteiger partial charge is 0.152 e. The van der Waals surface area contributed by atoms with E-state index in [9.17, 15) is 5.11 Å². The number of ether oxygens (including phenoxy) is 1. The van der Waals surface area contributed by atoms with Crippen molar-refractivity contribution in [3.05, 3.63) is 39.6 Å². The van der Waals surface area contributed by atoms with Crippen molar-refractivity contribution in [3.8, 4) is 173 Å². The molecule has 0 heterocycles. The monoisotopic (exact) mass is 713 g/mol. The average Bonchev–Trinajstić information content (AvgIpc) is 3.15. The Bertz CT molecular complexity index is 2030. The molecule has 0 radical (unpaired) electrons. The molecule has 0 saturated carbocycles. The van der Waals surface area contributed by atoms with Crippen LogP contribution in [-0.2, 0) is 5.60 Å². The van der Waals surface area contributed by atoms with Crippen LogP contribution in [0.15, 0.2) is 34.9 Å². The number of methoxy groups -OCH3 is 1. The highest BCUT2D eigenvalue weighted by Gasteiger charge is 2.20. The molecule has 0 aliphatic carbocycles. The van der Waals surface area contributed by atoms with Crippen molar-refractivity contribution in [3.63, 3.8) is 0 Å². The third kappa shape index (κ3) is 48.7. The summed E-state index contributed by atoms with van der Waals surface area (Å²) in [5.74, 6) is 64.6. The van der Waals surface area contributed by atoms with Gasteiger partial charge in [0.15, 0.2) is 10.7 Å². The molecule has 0 spiro atoms. The number of benzene rings is 1. The fourth-order valence-electron chi connectivity index (χ4n) is 1.92. The average molecular weight is 713 g/mol. The van der Waals surface area contributed by atoms with Crippen LogP contribution in [0.2, 0.25) is 0 Å². The third-order valence-electron chi connectivity index (χ3n) is 4.02. The van der Waals surface area contributed by atoms with E-state index in [1.54, 1.807) is 21.0 Å². The highest BCUT2D eigenvalue weighted by atomic mass is 16.6. The molecule has 8 nitrogen and oxygen atoms in total. The fraction of sp³-hybridized carbons (Fsp3) is 0.209. The molecule has 1 atom stereocenters. The van der Waals surface area contributed by atoms with E-state index in [-0.39, 0.29) is 28.5 Å². The Hall–Kier alpha value is -8.38. The number of nitrogens with zero attached hydrogens (tertiary/aromatic N) is 2. The Kier molecular flexibility index (Phi) is 49.6. The van der Waals surface area contributed by atoms with Gasteiger partial charge in [0, 0.05) is 28.5 Å². The topological polar surface area (TPSA) is 129 Å². The highest BCUT2D eigenvalue weighted by molar-refractivity contribution is 5.46. The molecule has 0 amide bonds. The third-order valence-corrected chi connectivity index (χ3v) is 4.02. The number of aliphatic hydroxyl groups is 1. The minimum Gasteiger partial charge on any atom is -0.497 e. The summed E-state index contributed by atoms with van der Waals surface area (Å²) >= 11 is 0. The van der Waals surface area contributed by atoms with Gasteiger partial charge in [0.25, 0.3) is 0 Å². The molecule has 0 aliphatic heterocycles. The Morgan fingerprint density at radius 2 is 0.922 bits per heavy atom. The molecule has 0 unspecified atom stereocenters. The van der Waals surface area contributed by atoms with Gasteiger partial charge in [-0.2, -0.15) is 0 Å². The molecule has 3 N–H and O–H groups in total. The zero-order valence-corrected chi connectivity index (χ0v) is 29.1. The zero-order chi connectivity index (χ0) is 39.7. The van der Waals surface area contributed by atoms with Crippen LogP contribution < -0.4 is 4.74 Å². The molecular formula is C43H72N2O6. The first kappa shape index (κ1) is 52.2. The fourth-order valence-corrected chi connectivity index (χ4v) is 1.92. The normalized spacial score (nSPS) is 6.63. The Morgan fingerprint density at radius 3 is 1.16 bits per heavy atom. The maximum absolute atomic E-state index is 9.96. The van der Waals surface area contributed by atoms with E-state index in [4.69, 9.17) is 37.8 Å². The first-order valence-corrected chi connectivity index (χ1v) is 13.8. The standard InChI is InChI=1S/2C15H4.C11H16O2.C2H6.2HNO2.20H2/c2*1-3-5-7-9-11-13-15-14-12-10-8-6-4-2;1-4-11(2,12)9-6-5-7-10(8-9)13-3;1-2;2*2-1-3;;;;;;;;;;;;;;;;;;;;/h2*1H,2H3;5-8,12H,4H2,1-3H3;1-2H3;2*(H,2,3);20*1H/t;;11-;;;;;;;;;;;;;;;;;;;;;;;/m..0......................./s1. The highest BCUT2D eigenvalue weighted by Crippen LogP contribution is 2.26. The van der Waals surface area contributed by atoms with Crippen molar-refractivity contribution in [2.24, 2.45) is 10.7 Å². The summed E-state index contributed by atoms with van der Waals surface area (Å²) in [6, 6.07) is 7.53. The number of hydrogen-bond donors (Lipinski definition) is 3. The Balaban J connectivity index is -0.0000000159. The van der Waals surface area contributed by atoms with Crippen LogP contribution in [0.1, 0.15) is 82.1 Å². The van der Waals surface area contributed by atoms with Gasteiger partial charge in [-0.3, -0.25) is 0 Å². The van der Waals surface area contributed by atoms with Crippen LogP contribution in [0, 0.1) is 177 Å². The molecule has 0 bridgehead atoms. The minimum absolute atomic E-state index is 0. The minimum atomic E-state index is -0.755. The predicted octanol–water partition coefficient (Wildman–Crippen LogP) is 9.86. The summed E-state index contributed by atoms with van der Waals surface area (Å²) in [7, 11) is 1.62. The summed E-state index contributed by atoms with van der Waals surface area (Å²) in [6.07, 6.45) is 10.4. The van der Waals surface area contributed by atoms with Crippen LogP contribution >= 0.6 is 0 Å². The molecule has 0 aromatic heterocycles. The van der Waals surface area contributed by atoms with Gasteiger partial charge in [-0.15, -0.1) is 22.7 Å². The molecule has 1 rings (SSSR count). The molecule has 51 heavy (non-hydrogen) atoms. The molecular weight excluding hydrogens is 640 g/mol.